The summed E-state index contributed by atoms with van der Waals surface area (Å²) in [6.07, 6.45) is 2.27. The Kier molecular flexibility index (Phi) is 17.1. The van der Waals surface area contributed by atoms with Crippen LogP contribution < -0.4 is 0 Å². The van der Waals surface area contributed by atoms with Crippen molar-refractivity contribution < 1.29 is 47.6 Å². The van der Waals surface area contributed by atoms with Gasteiger partial charge in [0.05, 0.1) is 66.5 Å². The standard InChI is InChI=1S/C50H66N8O10/c1-47(2,3)65-43(60)29-56(30-44(61)66-48(4,5)6)26-34-16-13-18-36(51-34)38-24-33(41-20-21-42(64-41)40-28-58(55-54-40)22-15-23-59)25-39(53-38)37-19-14-17-35(52-37)27-57(31-45(62)67-49(7,8)9)32-46(63)68-50(10,11)12/h13-14,16-21,24-25,28,59H,15,22-23,26-27,29-32H2,1-12H3. The molecule has 0 aliphatic rings. The first kappa shape index (κ1) is 52.6. The van der Waals surface area contributed by atoms with Gasteiger partial charge < -0.3 is 28.5 Å². The number of hydrogen-bond donors (Lipinski definition) is 1. The minimum Gasteiger partial charge on any atom is -0.459 e. The number of nitrogens with zero attached hydrogens (tertiary/aromatic N) is 8. The monoisotopic (exact) mass is 938 g/mol. The summed E-state index contributed by atoms with van der Waals surface area (Å²) in [5, 5.41) is 17.7. The molecule has 366 valence electrons. The second-order valence-electron chi connectivity index (χ2n) is 20.4. The van der Waals surface area contributed by atoms with E-state index in [4.69, 9.17) is 38.3 Å². The van der Waals surface area contributed by atoms with Crippen LogP contribution in [0.3, 0.4) is 0 Å². The molecule has 0 aliphatic carbocycles. The maximum absolute atomic E-state index is 13.0. The van der Waals surface area contributed by atoms with Gasteiger partial charge >= 0.3 is 23.9 Å². The topological polar surface area (TPSA) is 214 Å². The van der Waals surface area contributed by atoms with Gasteiger partial charge in [0.2, 0.25) is 0 Å². The normalized spacial score (nSPS) is 12.3. The molecule has 18 heteroatoms. The van der Waals surface area contributed by atoms with Gasteiger partial charge in [0, 0.05) is 31.8 Å². The molecular weight excluding hydrogens is 873 g/mol. The molecule has 1 N–H and O–H groups in total. The quantitative estimate of drug-likeness (QED) is 0.0647. The molecule has 0 amide bonds. The zero-order valence-corrected chi connectivity index (χ0v) is 41.4. The lowest BCUT2D eigenvalue weighted by molar-refractivity contribution is -0.162. The minimum absolute atomic E-state index is 0.0230. The summed E-state index contributed by atoms with van der Waals surface area (Å²) in [6.45, 7) is 21.3. The number of aryl methyl sites for hydroxylation is 1. The van der Waals surface area contributed by atoms with E-state index in [1.54, 1.807) is 134 Å². The molecule has 5 rings (SSSR count). The highest BCUT2D eigenvalue weighted by Gasteiger charge is 2.26. The van der Waals surface area contributed by atoms with Crippen molar-refractivity contribution in [3.63, 3.8) is 0 Å². The van der Waals surface area contributed by atoms with Crippen LogP contribution in [-0.2, 0) is 57.8 Å². The molecule has 0 atom stereocenters. The summed E-state index contributed by atoms with van der Waals surface area (Å²) in [7, 11) is 0. The number of aromatic nitrogens is 6. The third kappa shape index (κ3) is 17.7. The number of esters is 4. The van der Waals surface area contributed by atoms with Gasteiger partial charge in [0.15, 0.2) is 5.76 Å². The van der Waals surface area contributed by atoms with Gasteiger partial charge in [-0.3, -0.25) is 33.7 Å². The van der Waals surface area contributed by atoms with Crippen molar-refractivity contribution in [2.75, 3.05) is 32.8 Å². The summed E-state index contributed by atoms with van der Waals surface area (Å²) >= 11 is 0. The summed E-state index contributed by atoms with van der Waals surface area (Å²) in [5.74, 6) is -1.06. The number of pyridine rings is 3. The second kappa shape index (κ2) is 22.2. The van der Waals surface area contributed by atoms with Crippen LogP contribution in [0.5, 0.6) is 0 Å². The van der Waals surface area contributed by atoms with E-state index in [-0.39, 0.29) is 45.9 Å². The molecule has 5 aromatic heterocycles. The van der Waals surface area contributed by atoms with E-state index >= 15 is 0 Å². The Morgan fingerprint density at radius 3 is 1.37 bits per heavy atom. The van der Waals surface area contributed by atoms with Crippen LogP contribution in [0.25, 0.3) is 45.6 Å². The summed E-state index contributed by atoms with van der Waals surface area (Å²) in [5.41, 5.74) is 1.19. The number of carbonyl (C=O) groups excluding carboxylic acids is 4. The van der Waals surface area contributed by atoms with Crippen molar-refractivity contribution in [2.24, 2.45) is 0 Å². The van der Waals surface area contributed by atoms with Crippen molar-refractivity contribution in [1.29, 1.82) is 0 Å². The Labute approximate surface area is 398 Å². The molecule has 0 unspecified atom stereocenters. The maximum atomic E-state index is 13.0. The Balaban J connectivity index is 1.54. The predicted octanol–water partition coefficient (Wildman–Crippen LogP) is 7.08. The van der Waals surface area contributed by atoms with Crippen LogP contribution in [0, 0.1) is 0 Å². The van der Waals surface area contributed by atoms with Crippen molar-refractivity contribution in [1.82, 2.24) is 39.7 Å². The van der Waals surface area contributed by atoms with Crippen molar-refractivity contribution in [2.45, 2.75) is 132 Å². The third-order valence-electron chi connectivity index (χ3n) is 9.05. The van der Waals surface area contributed by atoms with E-state index in [2.05, 4.69) is 10.3 Å². The third-order valence-corrected chi connectivity index (χ3v) is 9.05. The molecule has 0 aliphatic heterocycles. The van der Waals surface area contributed by atoms with Gasteiger partial charge in [-0.25, -0.2) is 15.0 Å². The molecule has 0 radical (unpaired) electrons. The fourth-order valence-corrected chi connectivity index (χ4v) is 6.76. The van der Waals surface area contributed by atoms with E-state index in [0.717, 1.165) is 0 Å². The Hall–Kier alpha value is -6.37. The van der Waals surface area contributed by atoms with Crippen LogP contribution in [0.15, 0.2) is 71.3 Å². The minimum atomic E-state index is -0.733. The number of aliphatic hydroxyl groups excluding tert-OH is 1. The number of rotatable bonds is 19. The molecule has 5 heterocycles. The van der Waals surface area contributed by atoms with E-state index < -0.39 is 46.3 Å². The molecule has 5 aromatic rings. The summed E-state index contributed by atoms with van der Waals surface area (Å²) < 4.78 is 30.4. The van der Waals surface area contributed by atoms with Gasteiger partial charge in [-0.05, 0) is 138 Å². The fourth-order valence-electron chi connectivity index (χ4n) is 6.76. The largest absolute Gasteiger partial charge is 0.459 e. The summed E-state index contributed by atoms with van der Waals surface area (Å²) in [4.78, 5) is 70.4. The number of hydrogen-bond acceptors (Lipinski definition) is 17. The van der Waals surface area contributed by atoms with Gasteiger partial charge in [-0.1, -0.05) is 17.3 Å². The van der Waals surface area contributed by atoms with E-state index in [0.29, 0.717) is 69.9 Å². The molecule has 0 saturated carbocycles. The number of ether oxygens (including phenoxy) is 4. The van der Waals surface area contributed by atoms with Crippen LogP contribution in [0.4, 0.5) is 0 Å². The Morgan fingerprint density at radius 2 is 0.971 bits per heavy atom. The first-order chi connectivity index (χ1) is 31.7. The highest BCUT2D eigenvalue weighted by atomic mass is 16.6. The van der Waals surface area contributed by atoms with Crippen molar-refractivity contribution >= 4 is 23.9 Å². The van der Waals surface area contributed by atoms with E-state index in [9.17, 15) is 24.3 Å². The van der Waals surface area contributed by atoms with Gasteiger partial charge in [-0.15, -0.1) is 5.10 Å². The molecule has 18 nitrogen and oxygen atoms in total. The molecule has 0 fully saturated rings. The highest BCUT2D eigenvalue weighted by Crippen LogP contribution is 2.33. The van der Waals surface area contributed by atoms with Crippen LogP contribution >= 0.6 is 0 Å². The number of furan rings is 1. The number of carbonyl (C=O) groups is 4. The molecule has 0 spiro atoms. The average Bonchev–Trinajstić information content (AvgIpc) is 3.88. The Morgan fingerprint density at radius 1 is 0.559 bits per heavy atom. The van der Waals surface area contributed by atoms with Crippen LogP contribution in [-0.4, -0.2) is 124 Å². The molecule has 0 saturated heterocycles. The van der Waals surface area contributed by atoms with Gasteiger partial charge in [-0.2, -0.15) is 0 Å². The van der Waals surface area contributed by atoms with Crippen LogP contribution in [0.1, 0.15) is 101 Å². The first-order valence-electron chi connectivity index (χ1n) is 22.6. The zero-order chi connectivity index (χ0) is 50.0. The fraction of sp³-hybridized carbons (Fsp3) is 0.500. The molecule has 0 aromatic carbocycles. The molecule has 0 bridgehead atoms. The average molecular weight is 939 g/mol. The van der Waals surface area contributed by atoms with Crippen LogP contribution in [0.2, 0.25) is 0 Å². The predicted molar refractivity (Wildman–Crippen MR) is 253 cm³/mol. The lowest BCUT2D eigenvalue weighted by atomic mass is 10.1. The summed E-state index contributed by atoms with van der Waals surface area (Å²) in [6, 6.07) is 18.1. The SMILES string of the molecule is CC(C)(C)OC(=O)CN(CC(=O)OC(C)(C)C)Cc1cccc(-c2cc(-c3ccc(-c4cn(CCCO)nn4)o3)cc(-c3cccc(CN(CC(=O)OC(C)(C)C)CC(=O)OC(C)(C)C)n3)n2)n1. The Bertz CT molecular complexity index is 2340. The van der Waals surface area contributed by atoms with Gasteiger partial charge in [0.1, 0.15) is 33.9 Å². The molecular formula is C50H66N8O10. The lowest BCUT2D eigenvalue weighted by Crippen LogP contribution is -2.39. The second-order valence-corrected chi connectivity index (χ2v) is 20.4. The molecule has 68 heavy (non-hydrogen) atoms. The van der Waals surface area contributed by atoms with Crippen molar-refractivity contribution in [3.8, 4) is 45.6 Å². The lowest BCUT2D eigenvalue weighted by Gasteiger charge is -2.26. The zero-order valence-electron chi connectivity index (χ0n) is 41.4. The van der Waals surface area contributed by atoms with E-state index in [1.807, 2.05) is 30.3 Å². The first-order valence-corrected chi connectivity index (χ1v) is 22.6. The smallest absolute Gasteiger partial charge is 0.320 e. The maximum Gasteiger partial charge on any atom is 0.320 e. The highest BCUT2D eigenvalue weighted by molar-refractivity contribution is 5.77. The van der Waals surface area contributed by atoms with E-state index in [1.165, 1.54) is 0 Å². The van der Waals surface area contributed by atoms with Gasteiger partial charge in [0.25, 0.3) is 0 Å². The number of aliphatic hydroxyl groups is 1. The van der Waals surface area contributed by atoms with Crippen molar-refractivity contribution in [3.05, 3.63) is 78.2 Å².